The lowest BCUT2D eigenvalue weighted by Crippen LogP contribution is -2.04. The molecule has 1 rings (SSSR count). The maximum atomic E-state index is 10.6. The summed E-state index contributed by atoms with van der Waals surface area (Å²) in [5.74, 6) is -0.845. The molecule has 0 aromatic heterocycles. The molecule has 0 spiro atoms. The molecule has 76 valence electrons. The van der Waals surface area contributed by atoms with Gasteiger partial charge in [-0.1, -0.05) is 18.5 Å². The molecule has 4 heteroatoms. The third-order valence-electron chi connectivity index (χ3n) is 1.96. The molecule has 1 aromatic rings. The molecule has 0 amide bonds. The molecule has 0 bridgehead atoms. The largest absolute Gasteiger partial charge is 0.481 e. The van der Waals surface area contributed by atoms with E-state index in [9.17, 15) is 4.79 Å². The molecule has 0 saturated carbocycles. The predicted molar refractivity (Wildman–Crippen MR) is 64.9 cm³/mol. The maximum Gasteiger partial charge on any atom is 0.307 e. The van der Waals surface area contributed by atoms with Crippen molar-refractivity contribution in [3.05, 3.63) is 31.9 Å². The molecule has 1 N–H and O–H groups in total. The average Bonchev–Trinajstić information content (AvgIpc) is 2.08. The van der Waals surface area contributed by atoms with Crippen molar-refractivity contribution in [1.82, 2.24) is 0 Å². The third kappa shape index (κ3) is 2.85. The lowest BCUT2D eigenvalue weighted by molar-refractivity contribution is -0.136. The molecule has 2 nitrogen and oxygen atoms in total. The zero-order valence-corrected chi connectivity index (χ0v) is 10.6. The molecule has 14 heavy (non-hydrogen) atoms. The normalized spacial score (nSPS) is 10.2. The fraction of sp³-hybridized carbons (Fsp3) is 0.300. The first-order valence-electron chi connectivity index (χ1n) is 4.23. The van der Waals surface area contributed by atoms with Crippen LogP contribution in [0.25, 0.3) is 0 Å². The van der Waals surface area contributed by atoms with Crippen LogP contribution in [0, 0.1) is 3.57 Å². The van der Waals surface area contributed by atoms with Crippen LogP contribution in [0.2, 0.25) is 5.02 Å². The van der Waals surface area contributed by atoms with Gasteiger partial charge in [0.1, 0.15) is 0 Å². The summed E-state index contributed by atoms with van der Waals surface area (Å²) in [6.45, 7) is 1.99. The second kappa shape index (κ2) is 4.98. The highest BCUT2D eigenvalue weighted by molar-refractivity contribution is 14.1. The molecule has 0 aliphatic carbocycles. The van der Waals surface area contributed by atoms with Gasteiger partial charge in [0.2, 0.25) is 0 Å². The van der Waals surface area contributed by atoms with Gasteiger partial charge in [-0.05, 0) is 52.3 Å². The SMILES string of the molecule is CCc1cc(I)cc(Cl)c1CC(=O)O. The van der Waals surface area contributed by atoms with Gasteiger partial charge in [0, 0.05) is 8.59 Å². The Bertz CT molecular complexity index is 363. The Labute approximate surface area is 101 Å². The number of rotatable bonds is 3. The standard InChI is InChI=1S/C10H10ClIO2/c1-2-6-3-7(12)4-9(11)8(6)5-10(13)14/h3-4H,2,5H2,1H3,(H,13,14). The topological polar surface area (TPSA) is 37.3 Å². The van der Waals surface area contributed by atoms with Crippen LogP contribution in [0.4, 0.5) is 0 Å². The lowest BCUT2D eigenvalue weighted by atomic mass is 10.0. The van der Waals surface area contributed by atoms with Crippen molar-refractivity contribution in [3.63, 3.8) is 0 Å². The van der Waals surface area contributed by atoms with E-state index < -0.39 is 5.97 Å². The second-order valence-electron chi connectivity index (χ2n) is 2.95. The van der Waals surface area contributed by atoms with Crippen LogP contribution in [-0.4, -0.2) is 11.1 Å². The van der Waals surface area contributed by atoms with Crippen molar-refractivity contribution in [2.24, 2.45) is 0 Å². The van der Waals surface area contributed by atoms with Gasteiger partial charge >= 0.3 is 5.97 Å². The van der Waals surface area contributed by atoms with Crippen LogP contribution in [0.3, 0.4) is 0 Å². The van der Waals surface area contributed by atoms with Gasteiger partial charge in [-0.25, -0.2) is 0 Å². The van der Waals surface area contributed by atoms with Crippen LogP contribution in [0.15, 0.2) is 12.1 Å². The smallest absolute Gasteiger partial charge is 0.307 e. The molecule has 0 aliphatic heterocycles. The van der Waals surface area contributed by atoms with Crippen LogP contribution < -0.4 is 0 Å². The van der Waals surface area contributed by atoms with E-state index in [1.54, 1.807) is 6.07 Å². The minimum atomic E-state index is -0.845. The molecule has 0 radical (unpaired) electrons. The van der Waals surface area contributed by atoms with Crippen LogP contribution in [-0.2, 0) is 17.6 Å². The molecular formula is C10H10ClIO2. The summed E-state index contributed by atoms with van der Waals surface area (Å²) >= 11 is 8.16. The Kier molecular flexibility index (Phi) is 4.19. The second-order valence-corrected chi connectivity index (χ2v) is 4.60. The van der Waals surface area contributed by atoms with Crippen molar-refractivity contribution in [3.8, 4) is 0 Å². The fourth-order valence-electron chi connectivity index (χ4n) is 1.32. The van der Waals surface area contributed by atoms with Crippen molar-refractivity contribution in [1.29, 1.82) is 0 Å². The number of aryl methyl sites for hydroxylation is 1. The molecule has 0 aliphatic rings. The van der Waals surface area contributed by atoms with Gasteiger partial charge in [0.15, 0.2) is 0 Å². The van der Waals surface area contributed by atoms with Crippen LogP contribution >= 0.6 is 34.2 Å². The third-order valence-corrected chi connectivity index (χ3v) is 2.92. The van der Waals surface area contributed by atoms with Gasteiger partial charge in [-0.2, -0.15) is 0 Å². The molecule has 0 unspecified atom stereocenters. The Balaban J connectivity index is 3.18. The fourth-order valence-corrected chi connectivity index (χ4v) is 2.50. The molecule has 1 aromatic carbocycles. The molecular weight excluding hydrogens is 314 g/mol. The van der Waals surface area contributed by atoms with Crippen LogP contribution in [0.1, 0.15) is 18.1 Å². The van der Waals surface area contributed by atoms with E-state index in [1.165, 1.54) is 0 Å². The summed E-state index contributed by atoms with van der Waals surface area (Å²) in [6.07, 6.45) is 0.804. The minimum Gasteiger partial charge on any atom is -0.481 e. The number of carboxylic acids is 1. The Morgan fingerprint density at radius 3 is 2.71 bits per heavy atom. The molecule has 0 heterocycles. The Morgan fingerprint density at radius 1 is 1.57 bits per heavy atom. The van der Waals surface area contributed by atoms with E-state index in [2.05, 4.69) is 22.6 Å². The first-order chi connectivity index (χ1) is 6.54. The lowest BCUT2D eigenvalue weighted by Gasteiger charge is -2.08. The molecule has 0 fully saturated rings. The zero-order valence-electron chi connectivity index (χ0n) is 7.68. The van der Waals surface area contributed by atoms with E-state index in [0.29, 0.717) is 5.02 Å². The van der Waals surface area contributed by atoms with E-state index in [4.69, 9.17) is 16.7 Å². The first-order valence-corrected chi connectivity index (χ1v) is 5.68. The monoisotopic (exact) mass is 324 g/mol. The van der Waals surface area contributed by atoms with E-state index in [1.807, 2.05) is 13.0 Å². The minimum absolute atomic E-state index is 0.00106. The highest BCUT2D eigenvalue weighted by atomic mass is 127. The number of hydrogen-bond donors (Lipinski definition) is 1. The highest BCUT2D eigenvalue weighted by Crippen LogP contribution is 2.24. The highest BCUT2D eigenvalue weighted by Gasteiger charge is 2.10. The number of halogens is 2. The number of aliphatic carboxylic acids is 1. The van der Waals surface area contributed by atoms with Crippen LogP contribution in [0.5, 0.6) is 0 Å². The van der Waals surface area contributed by atoms with E-state index >= 15 is 0 Å². The van der Waals surface area contributed by atoms with Gasteiger partial charge in [-0.15, -0.1) is 0 Å². The average molecular weight is 325 g/mol. The summed E-state index contributed by atoms with van der Waals surface area (Å²) in [5.41, 5.74) is 1.76. The number of hydrogen-bond acceptors (Lipinski definition) is 1. The first kappa shape index (κ1) is 11.8. The zero-order chi connectivity index (χ0) is 10.7. The summed E-state index contributed by atoms with van der Waals surface area (Å²) < 4.78 is 1.04. The maximum absolute atomic E-state index is 10.6. The predicted octanol–water partition coefficient (Wildman–Crippen LogP) is 3.13. The number of benzene rings is 1. The van der Waals surface area contributed by atoms with Crippen molar-refractivity contribution in [2.45, 2.75) is 19.8 Å². The van der Waals surface area contributed by atoms with Gasteiger partial charge in [0.25, 0.3) is 0 Å². The summed E-state index contributed by atoms with van der Waals surface area (Å²) in [5, 5.41) is 9.27. The quantitative estimate of drug-likeness (QED) is 0.867. The van der Waals surface area contributed by atoms with Gasteiger partial charge in [0.05, 0.1) is 6.42 Å². The van der Waals surface area contributed by atoms with Gasteiger partial charge < -0.3 is 5.11 Å². The van der Waals surface area contributed by atoms with Crippen molar-refractivity contribution >= 4 is 40.2 Å². The summed E-state index contributed by atoms with van der Waals surface area (Å²) in [4.78, 5) is 10.6. The van der Waals surface area contributed by atoms with Crippen molar-refractivity contribution in [2.75, 3.05) is 0 Å². The van der Waals surface area contributed by atoms with E-state index in [-0.39, 0.29) is 6.42 Å². The van der Waals surface area contributed by atoms with Gasteiger partial charge in [-0.3, -0.25) is 4.79 Å². The van der Waals surface area contributed by atoms with E-state index in [0.717, 1.165) is 21.1 Å². The molecule has 0 atom stereocenters. The Morgan fingerprint density at radius 2 is 2.21 bits per heavy atom. The molecule has 0 saturated heterocycles. The summed E-state index contributed by atoms with van der Waals surface area (Å²) in [7, 11) is 0. The number of carbonyl (C=O) groups is 1. The van der Waals surface area contributed by atoms with Crippen molar-refractivity contribution < 1.29 is 9.90 Å². The Hall–Kier alpha value is -0.290. The summed E-state index contributed by atoms with van der Waals surface area (Å²) in [6, 6.07) is 3.77. The number of carboxylic acid groups (broad SMARTS) is 1.